The number of rotatable bonds is 1. The third-order valence-corrected chi connectivity index (χ3v) is 5.65. The van der Waals surface area contributed by atoms with Gasteiger partial charge in [-0.15, -0.1) is 11.3 Å². The number of nitrogens with zero attached hydrogens (tertiary/aromatic N) is 1. The van der Waals surface area contributed by atoms with Gasteiger partial charge < -0.3 is 10.6 Å². The molecule has 1 amide bonds. The van der Waals surface area contributed by atoms with Crippen LogP contribution in [0.15, 0.2) is 18.2 Å². The summed E-state index contributed by atoms with van der Waals surface area (Å²) >= 11 is 1.52. The Bertz CT molecular complexity index is 692. The number of likely N-dealkylation sites (tertiary alicyclic amines) is 1. The molecule has 2 heterocycles. The van der Waals surface area contributed by atoms with Crippen LogP contribution in [-0.4, -0.2) is 23.9 Å². The molecular formula is C17H22N2OS. The summed E-state index contributed by atoms with van der Waals surface area (Å²) in [5, 5.41) is 1.01. The van der Waals surface area contributed by atoms with E-state index < -0.39 is 0 Å². The highest BCUT2D eigenvalue weighted by atomic mass is 32.1. The lowest BCUT2D eigenvalue weighted by molar-refractivity contribution is 0.0636. The molecule has 0 spiro atoms. The van der Waals surface area contributed by atoms with Crippen LogP contribution < -0.4 is 5.73 Å². The van der Waals surface area contributed by atoms with E-state index in [2.05, 4.69) is 32.0 Å². The smallest absolute Gasteiger partial charge is 0.266 e. The fourth-order valence-electron chi connectivity index (χ4n) is 2.85. The van der Waals surface area contributed by atoms with Crippen LogP contribution in [0.1, 0.15) is 41.9 Å². The molecule has 112 valence electrons. The van der Waals surface area contributed by atoms with E-state index in [0.717, 1.165) is 36.0 Å². The summed E-state index contributed by atoms with van der Waals surface area (Å²) in [6.45, 7) is 8.25. The number of carbonyl (C=O) groups excluding carboxylic acids is 1. The van der Waals surface area contributed by atoms with Crippen LogP contribution in [-0.2, 0) is 0 Å². The van der Waals surface area contributed by atoms with Crippen molar-refractivity contribution in [2.45, 2.75) is 33.6 Å². The summed E-state index contributed by atoms with van der Waals surface area (Å²) in [6.07, 6.45) is 2.12. The third kappa shape index (κ3) is 2.64. The van der Waals surface area contributed by atoms with Gasteiger partial charge >= 0.3 is 0 Å². The second-order valence-corrected chi connectivity index (χ2v) is 7.85. The number of amides is 1. The Kier molecular flexibility index (Phi) is 3.44. The Hall–Kier alpha value is -1.55. The molecule has 1 aromatic carbocycles. The summed E-state index contributed by atoms with van der Waals surface area (Å²) in [5.74, 6) is 0.0989. The van der Waals surface area contributed by atoms with Crippen LogP contribution in [0.5, 0.6) is 0 Å². The van der Waals surface area contributed by atoms with Crippen LogP contribution in [0.2, 0.25) is 0 Å². The molecule has 3 nitrogen and oxygen atoms in total. The van der Waals surface area contributed by atoms with Crippen LogP contribution in [0.3, 0.4) is 0 Å². The van der Waals surface area contributed by atoms with E-state index in [1.54, 1.807) is 0 Å². The van der Waals surface area contributed by atoms with E-state index in [-0.39, 0.29) is 5.91 Å². The zero-order valence-electron chi connectivity index (χ0n) is 12.9. The van der Waals surface area contributed by atoms with Gasteiger partial charge in [0.2, 0.25) is 0 Å². The molecule has 1 aliphatic rings. The number of thiophene rings is 1. The summed E-state index contributed by atoms with van der Waals surface area (Å²) in [6, 6.07) is 6.19. The number of anilines is 1. The van der Waals surface area contributed by atoms with Crippen LogP contribution in [0.4, 0.5) is 5.69 Å². The monoisotopic (exact) mass is 302 g/mol. The van der Waals surface area contributed by atoms with Gasteiger partial charge in [0.1, 0.15) is 4.88 Å². The third-order valence-electron chi connectivity index (χ3n) is 4.48. The molecule has 3 rings (SSSR count). The first-order chi connectivity index (χ1) is 9.87. The number of piperidine rings is 1. The molecule has 1 saturated heterocycles. The van der Waals surface area contributed by atoms with Gasteiger partial charge in [0, 0.05) is 23.2 Å². The highest BCUT2D eigenvalue weighted by Crippen LogP contribution is 2.36. The van der Waals surface area contributed by atoms with Crippen molar-refractivity contribution in [1.29, 1.82) is 0 Å². The number of aryl methyl sites for hydroxylation is 1. The van der Waals surface area contributed by atoms with Crippen molar-refractivity contribution in [3.05, 3.63) is 28.6 Å². The van der Waals surface area contributed by atoms with Crippen molar-refractivity contribution in [2.24, 2.45) is 5.41 Å². The number of benzene rings is 1. The minimum absolute atomic E-state index is 0.0989. The topological polar surface area (TPSA) is 46.3 Å². The molecule has 0 aliphatic carbocycles. The van der Waals surface area contributed by atoms with E-state index in [1.165, 1.54) is 16.9 Å². The summed E-state index contributed by atoms with van der Waals surface area (Å²) < 4.78 is 1.10. The highest BCUT2D eigenvalue weighted by molar-refractivity contribution is 7.21. The van der Waals surface area contributed by atoms with Crippen molar-refractivity contribution >= 4 is 33.0 Å². The predicted molar refractivity (Wildman–Crippen MR) is 89.9 cm³/mol. The van der Waals surface area contributed by atoms with Crippen molar-refractivity contribution in [1.82, 2.24) is 4.90 Å². The Balaban J connectivity index is 1.90. The first-order valence-electron chi connectivity index (χ1n) is 7.45. The van der Waals surface area contributed by atoms with E-state index in [9.17, 15) is 4.79 Å². The Morgan fingerprint density at radius 2 is 1.95 bits per heavy atom. The molecule has 0 unspecified atom stereocenters. The maximum Gasteiger partial charge on any atom is 0.266 e. The lowest BCUT2D eigenvalue weighted by Crippen LogP contribution is -2.41. The van der Waals surface area contributed by atoms with Crippen molar-refractivity contribution < 1.29 is 4.79 Å². The van der Waals surface area contributed by atoms with Gasteiger partial charge in [-0.2, -0.15) is 0 Å². The van der Waals surface area contributed by atoms with Crippen molar-refractivity contribution in [3.63, 3.8) is 0 Å². The number of hydrogen-bond acceptors (Lipinski definition) is 3. The number of nitrogen functional groups attached to an aromatic ring is 1. The molecule has 0 radical (unpaired) electrons. The highest BCUT2D eigenvalue weighted by Gasteiger charge is 2.30. The van der Waals surface area contributed by atoms with Gasteiger partial charge in [-0.05, 0) is 37.3 Å². The van der Waals surface area contributed by atoms with Crippen LogP contribution >= 0.6 is 11.3 Å². The number of hydrogen-bond donors (Lipinski definition) is 1. The zero-order chi connectivity index (χ0) is 15.2. The Morgan fingerprint density at radius 3 is 2.62 bits per heavy atom. The fraction of sp³-hybridized carbons (Fsp3) is 0.471. The molecule has 4 heteroatoms. The predicted octanol–water partition coefficient (Wildman–Crippen LogP) is 4.05. The maximum atomic E-state index is 12.7. The average molecular weight is 302 g/mol. The SMILES string of the molecule is Cc1ccc2sc(C(=O)N3CCC(C)(C)CC3)c(N)c2c1. The Morgan fingerprint density at radius 1 is 1.29 bits per heavy atom. The molecule has 2 N–H and O–H groups in total. The molecule has 1 fully saturated rings. The second kappa shape index (κ2) is 5.02. The van der Waals surface area contributed by atoms with Crippen LogP contribution in [0.25, 0.3) is 10.1 Å². The largest absolute Gasteiger partial charge is 0.397 e. The van der Waals surface area contributed by atoms with Crippen LogP contribution in [0, 0.1) is 12.3 Å². The molecule has 1 aromatic heterocycles. The molecule has 21 heavy (non-hydrogen) atoms. The molecule has 0 saturated carbocycles. The summed E-state index contributed by atoms with van der Waals surface area (Å²) in [7, 11) is 0. The summed E-state index contributed by atoms with van der Waals surface area (Å²) in [5.41, 5.74) is 8.40. The lowest BCUT2D eigenvalue weighted by atomic mass is 9.82. The molecule has 0 atom stereocenters. The van der Waals surface area contributed by atoms with E-state index in [4.69, 9.17) is 5.73 Å². The molecule has 1 aliphatic heterocycles. The lowest BCUT2D eigenvalue weighted by Gasteiger charge is -2.36. The molecule has 0 bridgehead atoms. The number of carbonyl (C=O) groups is 1. The maximum absolute atomic E-state index is 12.7. The first kappa shape index (κ1) is 14.4. The Labute approximate surface area is 129 Å². The van der Waals surface area contributed by atoms with Gasteiger partial charge in [0.25, 0.3) is 5.91 Å². The fourth-order valence-corrected chi connectivity index (χ4v) is 3.92. The van der Waals surface area contributed by atoms with E-state index in [1.807, 2.05) is 11.8 Å². The minimum atomic E-state index is 0.0989. The number of nitrogens with two attached hydrogens (primary N) is 1. The van der Waals surface area contributed by atoms with E-state index >= 15 is 0 Å². The van der Waals surface area contributed by atoms with Gasteiger partial charge in [0.15, 0.2) is 0 Å². The van der Waals surface area contributed by atoms with Gasteiger partial charge in [-0.3, -0.25) is 4.79 Å². The first-order valence-corrected chi connectivity index (χ1v) is 8.27. The van der Waals surface area contributed by atoms with Crippen molar-refractivity contribution in [2.75, 3.05) is 18.8 Å². The van der Waals surface area contributed by atoms with E-state index in [0.29, 0.717) is 16.0 Å². The van der Waals surface area contributed by atoms with Crippen molar-refractivity contribution in [3.8, 4) is 0 Å². The van der Waals surface area contributed by atoms with Gasteiger partial charge in [-0.25, -0.2) is 0 Å². The number of fused-ring (bicyclic) bond motifs is 1. The summed E-state index contributed by atoms with van der Waals surface area (Å²) in [4.78, 5) is 15.4. The van der Waals surface area contributed by atoms with Gasteiger partial charge in [-0.1, -0.05) is 25.5 Å². The molecular weight excluding hydrogens is 280 g/mol. The zero-order valence-corrected chi connectivity index (χ0v) is 13.7. The second-order valence-electron chi connectivity index (χ2n) is 6.80. The standard InChI is InChI=1S/C17H22N2OS/c1-11-4-5-13-12(10-11)14(18)15(21-13)16(20)19-8-6-17(2,3)7-9-19/h4-5,10H,6-9,18H2,1-3H3. The minimum Gasteiger partial charge on any atom is -0.397 e. The van der Waals surface area contributed by atoms with Gasteiger partial charge in [0.05, 0.1) is 5.69 Å². The average Bonchev–Trinajstić information content (AvgIpc) is 2.75. The quantitative estimate of drug-likeness (QED) is 0.863. The normalized spacial score (nSPS) is 18.1. The molecule has 2 aromatic rings.